The molecule has 0 aliphatic heterocycles. The van der Waals surface area contributed by atoms with Gasteiger partial charge in [-0.1, -0.05) is 0 Å². The third-order valence-electron chi connectivity index (χ3n) is 3.32. The maximum absolute atomic E-state index is 13.6. The lowest BCUT2D eigenvalue weighted by molar-refractivity contribution is -0.115. The summed E-state index contributed by atoms with van der Waals surface area (Å²) >= 11 is 1.04. The van der Waals surface area contributed by atoms with Gasteiger partial charge >= 0.3 is 0 Å². The van der Waals surface area contributed by atoms with Crippen LogP contribution in [0.15, 0.2) is 23.1 Å². The van der Waals surface area contributed by atoms with Crippen molar-refractivity contribution in [3.8, 4) is 0 Å². The lowest BCUT2D eigenvalue weighted by atomic mass is 10.3. The number of nitrogens with one attached hydrogen (secondary N) is 1. The molecule has 118 valence electrons. The monoisotopic (exact) mass is 325 g/mol. The van der Waals surface area contributed by atoms with Gasteiger partial charge in [-0.3, -0.25) is 9.48 Å². The number of anilines is 1. The molecule has 0 unspecified atom stereocenters. The van der Waals surface area contributed by atoms with Gasteiger partial charge in [-0.05, 0) is 32.9 Å². The average Bonchev–Trinajstić information content (AvgIpc) is 2.68. The van der Waals surface area contributed by atoms with Crippen LogP contribution >= 0.6 is 11.8 Å². The van der Waals surface area contributed by atoms with Gasteiger partial charge in [-0.2, -0.15) is 5.10 Å². The number of hydrogen-bond donors (Lipinski definition) is 1. The standard InChI is InChI=1S/C15H17F2N3OS/c1-8-14(9(2)20(4)19-8)18-15(21)10(3)22-13-6-5-11(16)7-12(13)17/h5-7,10H,1-4H3,(H,18,21)/t10-/m1/s1. The number of aromatic nitrogens is 2. The molecule has 1 atom stereocenters. The van der Waals surface area contributed by atoms with E-state index in [-0.39, 0.29) is 10.8 Å². The Balaban J connectivity index is 2.09. The lowest BCUT2D eigenvalue weighted by Crippen LogP contribution is -2.23. The summed E-state index contributed by atoms with van der Waals surface area (Å²) in [6.45, 7) is 5.33. The van der Waals surface area contributed by atoms with Gasteiger partial charge in [-0.15, -0.1) is 11.8 Å². The maximum Gasteiger partial charge on any atom is 0.237 e. The molecule has 1 amide bonds. The molecule has 0 spiro atoms. The number of thioether (sulfide) groups is 1. The topological polar surface area (TPSA) is 46.9 Å². The predicted molar refractivity (Wildman–Crippen MR) is 83.0 cm³/mol. The molecule has 2 rings (SSSR count). The van der Waals surface area contributed by atoms with Gasteiger partial charge in [0, 0.05) is 18.0 Å². The van der Waals surface area contributed by atoms with Gasteiger partial charge in [0.15, 0.2) is 0 Å². The molecule has 0 bridgehead atoms. The average molecular weight is 325 g/mol. The number of rotatable bonds is 4. The van der Waals surface area contributed by atoms with Crippen molar-refractivity contribution in [3.63, 3.8) is 0 Å². The van der Waals surface area contributed by atoms with Crippen molar-refractivity contribution in [2.75, 3.05) is 5.32 Å². The van der Waals surface area contributed by atoms with Gasteiger partial charge in [0.05, 0.1) is 22.3 Å². The van der Waals surface area contributed by atoms with E-state index in [1.165, 1.54) is 12.1 Å². The van der Waals surface area contributed by atoms with Crippen molar-refractivity contribution in [2.45, 2.75) is 30.9 Å². The minimum atomic E-state index is -0.668. The molecule has 1 N–H and O–H groups in total. The number of carbonyl (C=O) groups is 1. The number of carbonyl (C=O) groups excluding carboxylic acids is 1. The van der Waals surface area contributed by atoms with Crippen LogP contribution in [0, 0.1) is 25.5 Å². The Morgan fingerprint density at radius 3 is 2.59 bits per heavy atom. The van der Waals surface area contributed by atoms with E-state index in [1.54, 1.807) is 25.6 Å². The summed E-state index contributed by atoms with van der Waals surface area (Å²) in [6, 6.07) is 3.31. The fourth-order valence-corrected chi connectivity index (χ4v) is 2.86. The second-order valence-electron chi connectivity index (χ2n) is 4.99. The molecule has 0 saturated heterocycles. The first-order valence-corrected chi connectivity index (χ1v) is 7.60. The minimum Gasteiger partial charge on any atom is -0.322 e. The fraction of sp³-hybridized carbons (Fsp3) is 0.333. The molecule has 1 aromatic carbocycles. The second-order valence-corrected chi connectivity index (χ2v) is 6.38. The maximum atomic E-state index is 13.6. The van der Waals surface area contributed by atoms with Crippen LogP contribution in [-0.2, 0) is 11.8 Å². The zero-order valence-corrected chi connectivity index (χ0v) is 13.6. The van der Waals surface area contributed by atoms with Crippen LogP contribution in [0.2, 0.25) is 0 Å². The van der Waals surface area contributed by atoms with E-state index >= 15 is 0 Å². The quantitative estimate of drug-likeness (QED) is 0.876. The highest BCUT2D eigenvalue weighted by Gasteiger charge is 2.19. The van der Waals surface area contributed by atoms with Gasteiger partial charge in [0.1, 0.15) is 11.6 Å². The molecule has 7 heteroatoms. The molecular formula is C15H17F2N3OS. The van der Waals surface area contributed by atoms with Crippen molar-refractivity contribution < 1.29 is 13.6 Å². The van der Waals surface area contributed by atoms with Crippen LogP contribution in [0.3, 0.4) is 0 Å². The Morgan fingerprint density at radius 2 is 2.05 bits per heavy atom. The highest BCUT2D eigenvalue weighted by Crippen LogP contribution is 2.28. The Bertz CT molecular complexity index is 715. The van der Waals surface area contributed by atoms with Crippen molar-refractivity contribution in [2.24, 2.45) is 7.05 Å². The van der Waals surface area contributed by atoms with E-state index in [0.29, 0.717) is 5.69 Å². The fourth-order valence-electron chi connectivity index (χ4n) is 1.99. The zero-order valence-electron chi connectivity index (χ0n) is 12.8. The third kappa shape index (κ3) is 3.47. The Morgan fingerprint density at radius 1 is 1.36 bits per heavy atom. The number of amides is 1. The Labute approximate surface area is 131 Å². The molecule has 1 heterocycles. The molecular weight excluding hydrogens is 308 g/mol. The molecule has 4 nitrogen and oxygen atoms in total. The number of nitrogens with zero attached hydrogens (tertiary/aromatic N) is 2. The molecule has 1 aromatic heterocycles. The van der Waals surface area contributed by atoms with E-state index in [2.05, 4.69) is 10.4 Å². The predicted octanol–water partition coefficient (Wildman–Crippen LogP) is 3.43. The SMILES string of the molecule is Cc1nn(C)c(C)c1NC(=O)[C@@H](C)Sc1ccc(F)cc1F. The third-order valence-corrected chi connectivity index (χ3v) is 4.48. The van der Waals surface area contributed by atoms with Crippen molar-refractivity contribution in [3.05, 3.63) is 41.2 Å². The van der Waals surface area contributed by atoms with E-state index in [9.17, 15) is 13.6 Å². The van der Waals surface area contributed by atoms with Gasteiger partial charge in [0.2, 0.25) is 5.91 Å². The van der Waals surface area contributed by atoms with Gasteiger partial charge < -0.3 is 5.32 Å². The summed E-state index contributed by atoms with van der Waals surface area (Å²) in [5.74, 6) is -1.56. The molecule has 0 saturated carbocycles. The molecule has 22 heavy (non-hydrogen) atoms. The van der Waals surface area contributed by atoms with Crippen molar-refractivity contribution >= 4 is 23.4 Å². The number of aryl methyl sites for hydroxylation is 2. The Kier molecular flexibility index (Phi) is 4.85. The zero-order chi connectivity index (χ0) is 16.4. The molecule has 0 radical (unpaired) electrons. The highest BCUT2D eigenvalue weighted by molar-refractivity contribution is 8.00. The first kappa shape index (κ1) is 16.5. The Hall–Kier alpha value is -1.89. The molecule has 0 aliphatic rings. The number of hydrogen-bond acceptors (Lipinski definition) is 3. The summed E-state index contributed by atoms with van der Waals surface area (Å²) in [4.78, 5) is 12.5. The lowest BCUT2D eigenvalue weighted by Gasteiger charge is -2.12. The molecule has 2 aromatic rings. The first-order chi connectivity index (χ1) is 10.3. The van der Waals surface area contributed by atoms with Crippen LogP contribution in [0.5, 0.6) is 0 Å². The van der Waals surface area contributed by atoms with Crippen LogP contribution in [0.25, 0.3) is 0 Å². The minimum absolute atomic E-state index is 0.240. The summed E-state index contributed by atoms with van der Waals surface area (Å²) in [5.41, 5.74) is 2.23. The van der Waals surface area contributed by atoms with E-state index in [1.807, 2.05) is 6.92 Å². The van der Waals surface area contributed by atoms with E-state index in [4.69, 9.17) is 0 Å². The summed E-state index contributed by atoms with van der Waals surface area (Å²) < 4.78 is 28.2. The molecule has 0 fully saturated rings. The van der Waals surface area contributed by atoms with Crippen LogP contribution in [0.1, 0.15) is 18.3 Å². The van der Waals surface area contributed by atoms with Gasteiger partial charge in [-0.25, -0.2) is 8.78 Å². The van der Waals surface area contributed by atoms with Gasteiger partial charge in [0.25, 0.3) is 0 Å². The van der Waals surface area contributed by atoms with Crippen LogP contribution in [0.4, 0.5) is 14.5 Å². The molecule has 0 aliphatic carbocycles. The van der Waals surface area contributed by atoms with Crippen molar-refractivity contribution in [1.82, 2.24) is 9.78 Å². The van der Waals surface area contributed by atoms with Crippen molar-refractivity contribution in [1.29, 1.82) is 0 Å². The first-order valence-electron chi connectivity index (χ1n) is 6.72. The number of benzene rings is 1. The smallest absolute Gasteiger partial charge is 0.237 e. The van der Waals surface area contributed by atoms with Crippen LogP contribution < -0.4 is 5.32 Å². The van der Waals surface area contributed by atoms with Crippen LogP contribution in [-0.4, -0.2) is 20.9 Å². The van der Waals surface area contributed by atoms with E-state index in [0.717, 1.165) is 29.2 Å². The summed E-state index contributed by atoms with van der Waals surface area (Å²) in [6.07, 6.45) is 0. The van der Waals surface area contributed by atoms with E-state index < -0.39 is 16.9 Å². The second kappa shape index (κ2) is 6.48. The highest BCUT2D eigenvalue weighted by atomic mass is 32.2. The summed E-state index contributed by atoms with van der Waals surface area (Å²) in [5, 5.41) is 6.51. The summed E-state index contributed by atoms with van der Waals surface area (Å²) in [7, 11) is 1.80. The number of halogens is 2. The normalized spacial score (nSPS) is 12.3. The largest absolute Gasteiger partial charge is 0.322 e.